The number of halogens is 1. The molecule has 0 fully saturated rings. The molecule has 0 aromatic heterocycles. The molecule has 0 unspecified atom stereocenters. The Labute approximate surface area is 219 Å². The minimum atomic E-state index is -0.332. The first-order chi connectivity index (χ1) is 18.0. The molecule has 4 aromatic rings. The topological polar surface area (TPSA) is 49.4 Å². The first-order valence-electron chi connectivity index (χ1n) is 11.9. The number of carbonyl (C=O) groups excluding carboxylic acids is 2. The lowest BCUT2D eigenvalue weighted by molar-refractivity contribution is -0.114. The maximum atomic E-state index is 13.6. The number of carbonyl (C=O) groups is 2. The highest BCUT2D eigenvalue weighted by atomic mass is 32.2. The van der Waals surface area contributed by atoms with Crippen LogP contribution in [0.4, 0.5) is 10.1 Å². The van der Waals surface area contributed by atoms with Gasteiger partial charge in [0.1, 0.15) is 5.82 Å². The summed E-state index contributed by atoms with van der Waals surface area (Å²) in [5.41, 5.74) is 5.02. The number of fused-ring (bicyclic) bond motifs is 1. The zero-order valence-electron chi connectivity index (χ0n) is 20.3. The molecule has 0 saturated carbocycles. The number of benzene rings is 4. The molecular weight excluding hydrogens is 483 g/mol. The maximum Gasteiger partial charge on any atom is 0.265 e. The monoisotopic (exact) mass is 508 g/mol. The van der Waals surface area contributed by atoms with Crippen molar-refractivity contribution in [3.63, 3.8) is 0 Å². The fourth-order valence-corrected chi connectivity index (χ4v) is 5.11. The van der Waals surface area contributed by atoms with Gasteiger partial charge in [0.25, 0.3) is 11.8 Å². The van der Waals surface area contributed by atoms with Gasteiger partial charge < -0.3 is 10.2 Å². The summed E-state index contributed by atoms with van der Waals surface area (Å²) >= 11 is 1.39. The van der Waals surface area contributed by atoms with Gasteiger partial charge in [-0.2, -0.15) is 0 Å². The van der Waals surface area contributed by atoms with Crippen molar-refractivity contribution in [3.8, 4) is 0 Å². The minimum Gasteiger partial charge on any atom is -0.348 e. The Morgan fingerprint density at radius 3 is 2.35 bits per heavy atom. The summed E-state index contributed by atoms with van der Waals surface area (Å²) in [6.07, 6.45) is 1.87. The zero-order valence-corrected chi connectivity index (χ0v) is 21.1. The molecule has 37 heavy (non-hydrogen) atoms. The molecule has 184 valence electrons. The molecule has 6 heteroatoms. The predicted octanol–water partition coefficient (Wildman–Crippen LogP) is 6.74. The van der Waals surface area contributed by atoms with Gasteiger partial charge in [-0.15, -0.1) is 0 Å². The Hall–Kier alpha value is -4.16. The van der Waals surface area contributed by atoms with Crippen molar-refractivity contribution >= 4 is 35.3 Å². The van der Waals surface area contributed by atoms with Crippen molar-refractivity contribution in [2.75, 3.05) is 4.90 Å². The van der Waals surface area contributed by atoms with E-state index in [9.17, 15) is 14.0 Å². The van der Waals surface area contributed by atoms with Crippen molar-refractivity contribution in [1.82, 2.24) is 5.32 Å². The third kappa shape index (κ3) is 5.81. The molecule has 4 aromatic carbocycles. The number of aryl methyl sites for hydroxylation is 1. The van der Waals surface area contributed by atoms with E-state index in [-0.39, 0.29) is 24.2 Å². The van der Waals surface area contributed by atoms with Gasteiger partial charge in [-0.25, -0.2) is 4.39 Å². The molecule has 1 heterocycles. The van der Waals surface area contributed by atoms with Crippen molar-refractivity contribution in [2.45, 2.75) is 24.9 Å². The van der Waals surface area contributed by atoms with Crippen LogP contribution in [-0.2, 0) is 17.9 Å². The lowest BCUT2D eigenvalue weighted by Crippen LogP contribution is -2.34. The molecule has 0 bridgehead atoms. The molecule has 0 aliphatic carbocycles. The van der Waals surface area contributed by atoms with Crippen LogP contribution >= 0.6 is 11.8 Å². The van der Waals surface area contributed by atoms with Gasteiger partial charge in [0.05, 0.1) is 17.1 Å². The molecule has 1 N–H and O–H groups in total. The quantitative estimate of drug-likeness (QED) is 0.293. The SMILES string of the molecule is Cc1ccc(CNC(=O)c2ccc3c(c2)N(Cc2ccc(F)cc2)C(=O)/C(=C/c2ccccc2)S3)cc1. The van der Waals surface area contributed by atoms with E-state index in [2.05, 4.69) is 5.32 Å². The fraction of sp³-hybridized carbons (Fsp3) is 0.0968. The number of hydrogen-bond donors (Lipinski definition) is 1. The van der Waals surface area contributed by atoms with Crippen molar-refractivity contribution < 1.29 is 14.0 Å². The molecule has 4 nitrogen and oxygen atoms in total. The van der Waals surface area contributed by atoms with E-state index in [0.29, 0.717) is 22.7 Å². The summed E-state index contributed by atoms with van der Waals surface area (Å²) in [5.74, 6) is -0.710. The van der Waals surface area contributed by atoms with Crippen LogP contribution in [0.5, 0.6) is 0 Å². The number of thioether (sulfide) groups is 1. The Morgan fingerprint density at radius 1 is 0.919 bits per heavy atom. The van der Waals surface area contributed by atoms with Crippen LogP contribution < -0.4 is 10.2 Å². The summed E-state index contributed by atoms with van der Waals surface area (Å²) in [4.78, 5) is 29.7. The molecule has 2 amide bonds. The molecular formula is C31H25FN2O2S. The van der Waals surface area contributed by atoms with E-state index in [0.717, 1.165) is 27.1 Å². The first kappa shape index (κ1) is 24.5. The lowest BCUT2D eigenvalue weighted by Gasteiger charge is -2.31. The van der Waals surface area contributed by atoms with Crippen LogP contribution in [0.1, 0.15) is 32.6 Å². The lowest BCUT2D eigenvalue weighted by atomic mass is 10.1. The third-order valence-electron chi connectivity index (χ3n) is 6.11. The van der Waals surface area contributed by atoms with Crippen LogP contribution in [0.3, 0.4) is 0 Å². The van der Waals surface area contributed by atoms with Crippen molar-refractivity contribution in [2.24, 2.45) is 0 Å². The van der Waals surface area contributed by atoms with E-state index in [1.54, 1.807) is 29.2 Å². The predicted molar refractivity (Wildman–Crippen MR) is 147 cm³/mol. The van der Waals surface area contributed by atoms with Gasteiger partial charge >= 0.3 is 0 Å². The number of nitrogens with zero attached hydrogens (tertiary/aromatic N) is 1. The maximum absolute atomic E-state index is 13.6. The second-order valence-corrected chi connectivity index (χ2v) is 9.97. The van der Waals surface area contributed by atoms with E-state index < -0.39 is 0 Å². The summed E-state index contributed by atoms with van der Waals surface area (Å²) in [7, 11) is 0. The number of hydrogen-bond acceptors (Lipinski definition) is 3. The molecule has 1 aliphatic rings. The Bertz CT molecular complexity index is 1470. The van der Waals surface area contributed by atoms with E-state index >= 15 is 0 Å². The van der Waals surface area contributed by atoms with Crippen LogP contribution in [0.2, 0.25) is 0 Å². The van der Waals surface area contributed by atoms with E-state index in [4.69, 9.17) is 0 Å². The van der Waals surface area contributed by atoms with Gasteiger partial charge in [-0.3, -0.25) is 9.59 Å². The van der Waals surface area contributed by atoms with Crippen LogP contribution in [0.15, 0.2) is 107 Å². The summed E-state index contributed by atoms with van der Waals surface area (Å²) in [6.45, 7) is 2.69. The summed E-state index contributed by atoms with van der Waals surface area (Å²) < 4.78 is 13.5. The highest BCUT2D eigenvalue weighted by Gasteiger charge is 2.30. The summed E-state index contributed by atoms with van der Waals surface area (Å²) in [6, 6.07) is 29.2. The van der Waals surface area contributed by atoms with Crippen molar-refractivity contribution in [1.29, 1.82) is 0 Å². The number of nitrogens with one attached hydrogen (secondary N) is 1. The van der Waals surface area contributed by atoms with Gasteiger partial charge in [0.15, 0.2) is 0 Å². The molecule has 5 rings (SSSR count). The van der Waals surface area contributed by atoms with E-state index in [1.807, 2.05) is 73.7 Å². The Morgan fingerprint density at radius 2 is 1.62 bits per heavy atom. The van der Waals surface area contributed by atoms with Gasteiger partial charge in [0.2, 0.25) is 0 Å². The van der Waals surface area contributed by atoms with Crippen LogP contribution in [0.25, 0.3) is 6.08 Å². The standard InChI is InChI=1S/C31H25FN2O2S/c1-21-7-9-23(10-8-21)19-33-30(35)25-13-16-28-27(18-25)34(20-24-11-14-26(32)15-12-24)31(36)29(37-28)17-22-5-3-2-4-6-22/h2-18H,19-20H2,1H3,(H,33,35)/b29-17-. The van der Waals surface area contributed by atoms with Crippen LogP contribution in [0, 0.1) is 12.7 Å². The number of anilines is 1. The molecule has 0 radical (unpaired) electrons. The van der Waals surface area contributed by atoms with Crippen molar-refractivity contribution in [3.05, 3.63) is 136 Å². The van der Waals surface area contributed by atoms with Gasteiger partial charge in [0, 0.05) is 17.0 Å². The first-order valence-corrected chi connectivity index (χ1v) is 12.8. The Kier molecular flexibility index (Phi) is 7.19. The second-order valence-electron chi connectivity index (χ2n) is 8.89. The molecule has 0 saturated heterocycles. The van der Waals surface area contributed by atoms with Gasteiger partial charge in [-0.05, 0) is 60.0 Å². The van der Waals surface area contributed by atoms with Gasteiger partial charge in [-0.1, -0.05) is 84.1 Å². The average Bonchev–Trinajstić information content (AvgIpc) is 2.92. The number of amides is 2. The highest BCUT2D eigenvalue weighted by Crippen LogP contribution is 2.43. The average molecular weight is 509 g/mol. The zero-order chi connectivity index (χ0) is 25.8. The highest BCUT2D eigenvalue weighted by molar-refractivity contribution is 8.04. The Balaban J connectivity index is 1.45. The largest absolute Gasteiger partial charge is 0.348 e. The smallest absolute Gasteiger partial charge is 0.265 e. The number of rotatable bonds is 6. The second kappa shape index (κ2) is 10.8. The molecule has 0 atom stereocenters. The molecule has 0 spiro atoms. The third-order valence-corrected chi connectivity index (χ3v) is 7.19. The normalized spacial score (nSPS) is 13.9. The fourth-order valence-electron chi connectivity index (χ4n) is 4.07. The minimum absolute atomic E-state index is 0.164. The molecule has 1 aliphatic heterocycles. The van der Waals surface area contributed by atoms with Crippen LogP contribution in [-0.4, -0.2) is 11.8 Å². The summed E-state index contributed by atoms with van der Waals surface area (Å²) in [5, 5.41) is 2.96. The van der Waals surface area contributed by atoms with E-state index in [1.165, 1.54) is 23.9 Å².